The van der Waals surface area contributed by atoms with Crippen molar-refractivity contribution in [3.05, 3.63) is 101 Å². The third-order valence-electron chi connectivity index (χ3n) is 14.1. The van der Waals surface area contributed by atoms with Gasteiger partial charge in [-0.3, -0.25) is 9.59 Å². The van der Waals surface area contributed by atoms with Gasteiger partial charge in [-0.05, 0) is 128 Å². The molecule has 0 radical (unpaired) electrons. The van der Waals surface area contributed by atoms with E-state index in [9.17, 15) is 19.8 Å². The van der Waals surface area contributed by atoms with Gasteiger partial charge in [-0.25, -0.2) is 4.98 Å². The molecule has 2 fully saturated rings. The zero-order chi connectivity index (χ0) is 41.7. The number of methoxy groups -OCH3 is 1. The van der Waals surface area contributed by atoms with Gasteiger partial charge in [-0.15, -0.1) is 4.99 Å². The molecule has 0 spiro atoms. The smallest absolute Gasteiger partial charge is 0.177 e. The molecule has 0 saturated heterocycles. The van der Waals surface area contributed by atoms with Crippen LogP contribution in [0.15, 0.2) is 77.6 Å². The first kappa shape index (κ1) is 42.3. The normalized spacial score (nSPS) is 25.4. The van der Waals surface area contributed by atoms with Crippen molar-refractivity contribution < 1.29 is 24.5 Å². The van der Waals surface area contributed by atoms with E-state index in [-0.39, 0.29) is 59.2 Å². The predicted octanol–water partition coefficient (Wildman–Crippen LogP) is 9.51. The van der Waals surface area contributed by atoms with E-state index in [0.29, 0.717) is 43.2 Å². The SMILES string of the molecule is CCC[C@@H]([C@H]1C[C@H](C2(c3ccnc(N)c3)CCCC2)C[C@@H]2C#C[C@H](c3ccccc3)c3cc(O)c(OC)cc3CCC(=O)CC(=O)[C@H]2C1)[C@H](O)CC1=C[C+](C(C)C)C=N1. The Labute approximate surface area is 351 Å². The minimum atomic E-state index is -0.638. The molecule has 3 aromatic rings. The number of rotatable bonds is 11. The molecule has 2 aromatic carbocycles. The van der Waals surface area contributed by atoms with Crippen LogP contribution in [0.4, 0.5) is 5.82 Å². The van der Waals surface area contributed by atoms with Crippen molar-refractivity contribution in [1.82, 2.24) is 4.98 Å². The molecule has 0 amide bonds. The van der Waals surface area contributed by atoms with E-state index in [0.717, 1.165) is 67.3 Å². The van der Waals surface area contributed by atoms with E-state index in [2.05, 4.69) is 61.9 Å². The number of aliphatic hydroxyl groups excluding tert-OH is 1. The first-order valence-electron chi connectivity index (χ1n) is 22.0. The zero-order valence-corrected chi connectivity index (χ0v) is 35.3. The number of pyridine rings is 1. The van der Waals surface area contributed by atoms with Crippen LogP contribution < -0.4 is 10.5 Å². The maximum absolute atomic E-state index is 14.8. The molecule has 8 nitrogen and oxygen atoms in total. The van der Waals surface area contributed by atoms with Crippen LogP contribution in [0, 0.1) is 53.3 Å². The lowest BCUT2D eigenvalue weighted by molar-refractivity contribution is -0.130. The number of phenolic OH excluding ortho intramolecular Hbond substituents is 1. The van der Waals surface area contributed by atoms with Crippen molar-refractivity contribution in [2.75, 3.05) is 12.8 Å². The van der Waals surface area contributed by atoms with Gasteiger partial charge in [0.2, 0.25) is 0 Å². The van der Waals surface area contributed by atoms with Gasteiger partial charge >= 0.3 is 0 Å². The number of aliphatic imine (C=N–C) groups is 1. The molecule has 7 rings (SSSR count). The van der Waals surface area contributed by atoms with E-state index >= 15 is 0 Å². The minimum absolute atomic E-state index is 0.0185. The van der Waals surface area contributed by atoms with Crippen molar-refractivity contribution in [3.63, 3.8) is 0 Å². The third-order valence-corrected chi connectivity index (χ3v) is 14.1. The number of Topliss-reactive ketones (excluding diaryl/α,β-unsaturated/α-hetero) is 2. The number of nitrogen functional groups attached to an aromatic ring is 1. The number of nitrogens with two attached hydrogens (primary N) is 1. The fourth-order valence-electron chi connectivity index (χ4n) is 11.0. The van der Waals surface area contributed by atoms with Gasteiger partial charge in [-0.1, -0.05) is 68.4 Å². The highest BCUT2D eigenvalue weighted by molar-refractivity contribution is 6.00. The Morgan fingerprint density at radius 3 is 2.49 bits per heavy atom. The van der Waals surface area contributed by atoms with Crippen LogP contribution in [0.25, 0.3) is 0 Å². The molecule has 2 saturated carbocycles. The number of benzene rings is 2. The maximum atomic E-state index is 14.8. The Kier molecular flexibility index (Phi) is 13.3. The molecule has 8 heteroatoms. The summed E-state index contributed by atoms with van der Waals surface area (Å²) < 4.78 is 5.52. The van der Waals surface area contributed by atoms with Gasteiger partial charge in [0.1, 0.15) is 35.6 Å². The number of aliphatic hydroxyl groups is 1. The summed E-state index contributed by atoms with van der Waals surface area (Å²) in [5.74, 6) is 8.61. The van der Waals surface area contributed by atoms with Crippen LogP contribution in [-0.4, -0.2) is 46.2 Å². The van der Waals surface area contributed by atoms with Crippen molar-refractivity contribution in [1.29, 1.82) is 0 Å². The average molecular weight is 797 g/mol. The van der Waals surface area contributed by atoms with E-state index in [1.54, 1.807) is 6.07 Å². The number of carbonyl (C=O) groups is 2. The van der Waals surface area contributed by atoms with Crippen LogP contribution in [0.3, 0.4) is 0 Å². The van der Waals surface area contributed by atoms with E-state index in [4.69, 9.17) is 15.5 Å². The van der Waals surface area contributed by atoms with Crippen LogP contribution in [0.2, 0.25) is 0 Å². The highest BCUT2D eigenvalue weighted by Gasteiger charge is 2.49. The first-order chi connectivity index (χ1) is 28.5. The number of carbonyl (C=O) groups excluding carboxylic acids is 2. The summed E-state index contributed by atoms with van der Waals surface area (Å²) in [6, 6.07) is 17.8. The Morgan fingerprint density at radius 2 is 1.80 bits per heavy atom. The molecule has 310 valence electrons. The molecular formula is C51H62N3O5+. The summed E-state index contributed by atoms with van der Waals surface area (Å²) in [5, 5.41) is 23.4. The summed E-state index contributed by atoms with van der Waals surface area (Å²) in [6.07, 6.45) is 14.2. The third kappa shape index (κ3) is 9.31. The Morgan fingerprint density at radius 1 is 1.02 bits per heavy atom. The highest BCUT2D eigenvalue weighted by atomic mass is 16.5. The number of ether oxygens (including phenoxy) is 1. The first-order valence-corrected chi connectivity index (χ1v) is 22.0. The Balaban J connectivity index is 1.37. The second-order valence-electron chi connectivity index (χ2n) is 18.0. The van der Waals surface area contributed by atoms with E-state index in [1.807, 2.05) is 42.7 Å². The van der Waals surface area contributed by atoms with Crippen molar-refractivity contribution in [2.45, 2.75) is 122 Å². The summed E-state index contributed by atoms with van der Waals surface area (Å²) in [7, 11) is 1.52. The molecule has 0 unspecified atom stereocenters. The monoisotopic (exact) mass is 796 g/mol. The van der Waals surface area contributed by atoms with Crippen LogP contribution in [0.5, 0.6) is 11.5 Å². The quantitative estimate of drug-likeness (QED) is 0.1000. The van der Waals surface area contributed by atoms with E-state index in [1.165, 1.54) is 18.6 Å². The predicted molar refractivity (Wildman–Crippen MR) is 234 cm³/mol. The summed E-state index contributed by atoms with van der Waals surface area (Å²) in [6.45, 7) is 6.49. The topological polar surface area (TPSA) is 135 Å². The molecule has 59 heavy (non-hydrogen) atoms. The number of nitrogens with zero attached hydrogens (tertiary/aromatic N) is 2. The van der Waals surface area contributed by atoms with Gasteiger partial charge in [0, 0.05) is 30.4 Å². The Bertz CT molecular complexity index is 2090. The number of aryl methyl sites for hydroxylation is 1. The maximum Gasteiger partial charge on any atom is 0.177 e. The van der Waals surface area contributed by atoms with Gasteiger partial charge in [0.05, 0.1) is 32.0 Å². The fourth-order valence-corrected chi connectivity index (χ4v) is 11.0. The number of fused-ring (bicyclic) bond motifs is 2. The number of ketones is 2. The average Bonchev–Trinajstić information content (AvgIpc) is 3.88. The summed E-state index contributed by atoms with van der Waals surface area (Å²) >= 11 is 0. The molecule has 0 bridgehead atoms. The second kappa shape index (κ2) is 18.6. The lowest BCUT2D eigenvalue weighted by Crippen LogP contribution is -2.36. The van der Waals surface area contributed by atoms with Crippen molar-refractivity contribution in [2.24, 2.45) is 40.5 Å². The lowest BCUT2D eigenvalue weighted by Gasteiger charge is -2.41. The number of anilines is 1. The fraction of sp³-hybridized carbons (Fsp3) is 0.510. The number of aromatic nitrogens is 1. The summed E-state index contributed by atoms with van der Waals surface area (Å²) in [5.41, 5.74) is 11.0. The number of hydrogen-bond acceptors (Lipinski definition) is 8. The van der Waals surface area contributed by atoms with E-state index < -0.39 is 17.9 Å². The number of phenols is 1. The van der Waals surface area contributed by atoms with Crippen LogP contribution in [-0.2, 0) is 21.4 Å². The molecule has 4 N–H and O–H groups in total. The number of hydrogen-bond donors (Lipinski definition) is 3. The number of aromatic hydroxyl groups is 1. The molecule has 1 aliphatic heterocycles. The van der Waals surface area contributed by atoms with Crippen LogP contribution >= 0.6 is 0 Å². The minimum Gasteiger partial charge on any atom is -0.504 e. The molecular weight excluding hydrogens is 735 g/mol. The Hall–Kier alpha value is -4.87. The van der Waals surface area contributed by atoms with Crippen molar-refractivity contribution >= 4 is 23.6 Å². The van der Waals surface area contributed by atoms with Gasteiger partial charge in [0.15, 0.2) is 17.2 Å². The molecule has 1 aromatic heterocycles. The summed E-state index contributed by atoms with van der Waals surface area (Å²) in [4.78, 5) is 37.8. The standard InChI is InChI=1S/C51H61N3O5/c1-5-11-43(46(56)28-40-24-37(31-54-40)32(2)3)36-23-39(51(19-9-10-20-51)38-18-21-53-50(52)27-38)22-34-15-17-42(33-12-7-6-8-13-33)44-30-48(58)49(59-4)26-35(44)14-16-41(55)29-47(57)45(34)25-36/h6-8,12-13,18,21,24,26-27,30-32,34,36,39,42-43,45-46,56H,5,9-11,14,16,19-20,22-23,25,28-29H2,1-4H3,(H2-,52,53,58)/p+1/t34-,36-,39+,42+,43-,45-,46+/m0/s1. The highest BCUT2D eigenvalue weighted by Crippen LogP contribution is 2.55. The molecule has 7 atom stereocenters. The zero-order valence-electron chi connectivity index (χ0n) is 35.3. The van der Waals surface area contributed by atoms with Gasteiger partial charge in [-0.2, -0.15) is 0 Å². The number of allylic oxidation sites excluding steroid dienone is 1. The van der Waals surface area contributed by atoms with Gasteiger partial charge in [0.25, 0.3) is 0 Å². The van der Waals surface area contributed by atoms with Crippen molar-refractivity contribution in [3.8, 4) is 23.3 Å². The lowest BCUT2D eigenvalue weighted by atomic mass is 9.63. The van der Waals surface area contributed by atoms with Gasteiger partial charge < -0.3 is 20.7 Å². The second-order valence-corrected chi connectivity index (χ2v) is 18.0. The van der Waals surface area contributed by atoms with Crippen LogP contribution in [0.1, 0.15) is 126 Å². The molecule has 2 heterocycles. The largest absolute Gasteiger partial charge is 0.504 e. The molecule has 4 aliphatic rings. The molecule has 3 aliphatic carbocycles.